The van der Waals surface area contributed by atoms with Crippen LogP contribution < -0.4 is 5.32 Å². The van der Waals surface area contributed by atoms with Gasteiger partial charge in [0.1, 0.15) is 6.04 Å². The molecule has 2 rings (SSSR count). The van der Waals surface area contributed by atoms with E-state index in [4.69, 9.17) is 10.4 Å². The second kappa shape index (κ2) is 6.06. The van der Waals surface area contributed by atoms with Crippen LogP contribution in [0.3, 0.4) is 0 Å². The van der Waals surface area contributed by atoms with E-state index in [-0.39, 0.29) is 6.03 Å². The van der Waals surface area contributed by atoms with Gasteiger partial charge in [0.25, 0.3) is 0 Å². The van der Waals surface area contributed by atoms with E-state index in [0.29, 0.717) is 31.5 Å². The number of aliphatic carboxylic acids is 1. The largest absolute Gasteiger partial charge is 0.480 e. The van der Waals surface area contributed by atoms with Crippen LogP contribution in [0.4, 0.5) is 4.79 Å². The van der Waals surface area contributed by atoms with Gasteiger partial charge in [-0.3, -0.25) is 0 Å². The first-order valence-corrected chi connectivity index (χ1v) is 6.38. The molecule has 0 bridgehead atoms. The lowest BCUT2D eigenvalue weighted by Gasteiger charge is -2.21. The second-order valence-electron chi connectivity index (χ2n) is 4.66. The van der Waals surface area contributed by atoms with Crippen molar-refractivity contribution in [1.82, 2.24) is 10.2 Å². The Morgan fingerprint density at radius 3 is 2.70 bits per heavy atom. The van der Waals surface area contributed by atoms with Crippen LogP contribution in [0.2, 0.25) is 0 Å². The summed E-state index contributed by atoms with van der Waals surface area (Å²) in [5.41, 5.74) is 1.42. The van der Waals surface area contributed by atoms with Crippen molar-refractivity contribution < 1.29 is 14.7 Å². The lowest BCUT2D eigenvalue weighted by atomic mass is 10.1. The third-order valence-electron chi connectivity index (χ3n) is 3.33. The molecule has 1 atom stereocenters. The molecule has 0 aromatic heterocycles. The van der Waals surface area contributed by atoms with Crippen molar-refractivity contribution in [2.45, 2.75) is 25.4 Å². The molecule has 20 heavy (non-hydrogen) atoms. The van der Waals surface area contributed by atoms with Gasteiger partial charge in [-0.25, -0.2) is 9.59 Å². The Bertz CT molecular complexity index is 548. The van der Waals surface area contributed by atoms with E-state index >= 15 is 0 Å². The van der Waals surface area contributed by atoms with E-state index in [0.717, 1.165) is 5.56 Å². The molecule has 6 nitrogen and oxygen atoms in total. The van der Waals surface area contributed by atoms with Crippen LogP contribution in [-0.4, -0.2) is 34.6 Å². The summed E-state index contributed by atoms with van der Waals surface area (Å²) in [6.07, 6.45) is 1.21. The number of likely N-dealkylation sites (tertiary alicyclic amines) is 1. The van der Waals surface area contributed by atoms with Crippen LogP contribution in [-0.2, 0) is 11.3 Å². The summed E-state index contributed by atoms with van der Waals surface area (Å²) in [6, 6.07) is 7.81. The Hall–Kier alpha value is -2.55. The average molecular weight is 273 g/mol. The zero-order valence-corrected chi connectivity index (χ0v) is 10.9. The molecule has 1 heterocycles. The van der Waals surface area contributed by atoms with Gasteiger partial charge in [-0.2, -0.15) is 5.26 Å². The predicted octanol–water partition coefficient (Wildman–Crippen LogP) is 1.32. The monoisotopic (exact) mass is 273 g/mol. The number of benzene rings is 1. The van der Waals surface area contributed by atoms with Gasteiger partial charge in [-0.15, -0.1) is 0 Å². The first-order valence-electron chi connectivity index (χ1n) is 6.38. The standard InChI is InChI=1S/C14H15N3O3/c15-8-10-3-5-11(6-4-10)9-16-14(20)17-7-1-2-12(17)13(18)19/h3-6,12H,1-2,7,9H2,(H,16,20)(H,18,19)/t12-/m0/s1. The summed E-state index contributed by atoms with van der Waals surface area (Å²) in [5.74, 6) is -0.962. The van der Waals surface area contributed by atoms with E-state index in [1.165, 1.54) is 4.90 Å². The number of nitrogens with zero attached hydrogens (tertiary/aromatic N) is 2. The molecule has 6 heteroatoms. The molecule has 1 aliphatic rings. The van der Waals surface area contributed by atoms with Crippen LogP contribution in [0.1, 0.15) is 24.0 Å². The Balaban J connectivity index is 1.91. The number of nitriles is 1. The maximum Gasteiger partial charge on any atom is 0.326 e. The SMILES string of the molecule is N#Cc1ccc(CNC(=O)N2CCC[C@H]2C(=O)O)cc1. The van der Waals surface area contributed by atoms with Crippen molar-refractivity contribution in [3.05, 3.63) is 35.4 Å². The lowest BCUT2D eigenvalue weighted by molar-refractivity contribution is -0.141. The average Bonchev–Trinajstić information content (AvgIpc) is 2.95. The Morgan fingerprint density at radius 2 is 2.10 bits per heavy atom. The third kappa shape index (κ3) is 3.06. The van der Waals surface area contributed by atoms with Crippen LogP contribution >= 0.6 is 0 Å². The van der Waals surface area contributed by atoms with E-state index in [2.05, 4.69) is 5.32 Å². The highest BCUT2D eigenvalue weighted by molar-refractivity contribution is 5.83. The predicted molar refractivity (Wildman–Crippen MR) is 70.8 cm³/mol. The summed E-state index contributed by atoms with van der Waals surface area (Å²) in [6.45, 7) is 0.781. The Kier molecular flexibility index (Phi) is 4.20. The fraction of sp³-hybridized carbons (Fsp3) is 0.357. The van der Waals surface area contributed by atoms with Crippen molar-refractivity contribution in [1.29, 1.82) is 5.26 Å². The van der Waals surface area contributed by atoms with Crippen molar-refractivity contribution in [3.63, 3.8) is 0 Å². The van der Waals surface area contributed by atoms with Gasteiger partial charge in [0.15, 0.2) is 0 Å². The van der Waals surface area contributed by atoms with E-state index in [1.54, 1.807) is 24.3 Å². The molecule has 1 saturated heterocycles. The summed E-state index contributed by atoms with van der Waals surface area (Å²) in [5, 5.41) is 20.4. The molecule has 0 radical (unpaired) electrons. The first-order chi connectivity index (χ1) is 9.61. The fourth-order valence-corrected chi connectivity index (χ4v) is 2.24. The van der Waals surface area contributed by atoms with Crippen LogP contribution in [0, 0.1) is 11.3 Å². The minimum absolute atomic E-state index is 0.313. The number of nitrogens with one attached hydrogen (secondary N) is 1. The summed E-state index contributed by atoms with van der Waals surface area (Å²) >= 11 is 0. The topological polar surface area (TPSA) is 93.4 Å². The number of carbonyl (C=O) groups excluding carboxylic acids is 1. The molecule has 1 aliphatic heterocycles. The minimum Gasteiger partial charge on any atom is -0.480 e. The van der Waals surface area contributed by atoms with Crippen molar-refractivity contribution in [3.8, 4) is 6.07 Å². The molecule has 104 valence electrons. The van der Waals surface area contributed by atoms with Gasteiger partial charge in [0.05, 0.1) is 11.6 Å². The highest BCUT2D eigenvalue weighted by atomic mass is 16.4. The Labute approximate surface area is 116 Å². The molecule has 0 spiro atoms. The van der Waals surface area contributed by atoms with Crippen molar-refractivity contribution >= 4 is 12.0 Å². The van der Waals surface area contributed by atoms with E-state index in [1.807, 2.05) is 6.07 Å². The Morgan fingerprint density at radius 1 is 1.40 bits per heavy atom. The molecular weight excluding hydrogens is 258 g/mol. The third-order valence-corrected chi connectivity index (χ3v) is 3.33. The smallest absolute Gasteiger partial charge is 0.326 e. The van der Waals surface area contributed by atoms with Crippen LogP contribution in [0.15, 0.2) is 24.3 Å². The minimum atomic E-state index is -0.962. The molecule has 1 fully saturated rings. The second-order valence-corrected chi connectivity index (χ2v) is 4.66. The van der Waals surface area contributed by atoms with Crippen molar-refractivity contribution in [2.24, 2.45) is 0 Å². The van der Waals surface area contributed by atoms with Gasteiger partial charge in [-0.05, 0) is 30.5 Å². The highest BCUT2D eigenvalue weighted by Crippen LogP contribution is 2.17. The molecule has 2 N–H and O–H groups in total. The highest BCUT2D eigenvalue weighted by Gasteiger charge is 2.33. The number of urea groups is 1. The zero-order valence-electron chi connectivity index (χ0n) is 10.9. The number of carbonyl (C=O) groups is 2. The number of carboxylic acids is 1. The number of amides is 2. The van der Waals surface area contributed by atoms with E-state index < -0.39 is 12.0 Å². The van der Waals surface area contributed by atoms with E-state index in [9.17, 15) is 9.59 Å². The van der Waals surface area contributed by atoms with Gasteiger partial charge in [0.2, 0.25) is 0 Å². The van der Waals surface area contributed by atoms with Gasteiger partial charge < -0.3 is 15.3 Å². The fourth-order valence-electron chi connectivity index (χ4n) is 2.24. The molecule has 0 aliphatic carbocycles. The van der Waals surface area contributed by atoms with Crippen LogP contribution in [0.25, 0.3) is 0 Å². The molecular formula is C14H15N3O3. The number of rotatable bonds is 3. The quantitative estimate of drug-likeness (QED) is 0.868. The lowest BCUT2D eigenvalue weighted by Crippen LogP contribution is -2.45. The summed E-state index contributed by atoms with van der Waals surface area (Å²) in [7, 11) is 0. The molecule has 2 amide bonds. The molecule has 1 aromatic carbocycles. The zero-order chi connectivity index (χ0) is 14.5. The van der Waals surface area contributed by atoms with Crippen molar-refractivity contribution in [2.75, 3.05) is 6.54 Å². The maximum atomic E-state index is 12.0. The van der Waals surface area contributed by atoms with Gasteiger partial charge >= 0.3 is 12.0 Å². The summed E-state index contributed by atoms with van der Waals surface area (Å²) in [4.78, 5) is 24.3. The van der Waals surface area contributed by atoms with Gasteiger partial charge in [-0.1, -0.05) is 12.1 Å². The molecule has 1 aromatic rings. The normalized spacial score (nSPS) is 17.6. The molecule has 0 unspecified atom stereocenters. The number of hydrogen-bond acceptors (Lipinski definition) is 3. The van der Waals surface area contributed by atoms with Crippen LogP contribution in [0.5, 0.6) is 0 Å². The first kappa shape index (κ1) is 13.9. The molecule has 0 saturated carbocycles. The maximum absolute atomic E-state index is 12.0. The summed E-state index contributed by atoms with van der Waals surface area (Å²) < 4.78 is 0. The van der Waals surface area contributed by atoms with Gasteiger partial charge in [0, 0.05) is 13.1 Å². The number of hydrogen-bond donors (Lipinski definition) is 2. The number of carboxylic acid groups (broad SMARTS) is 1.